The van der Waals surface area contributed by atoms with Crippen LogP contribution < -0.4 is 5.32 Å². The zero-order chi connectivity index (χ0) is 23.8. The summed E-state index contributed by atoms with van der Waals surface area (Å²) < 4.78 is 12.6. The largest absolute Gasteiger partial charge is 0.467 e. The van der Waals surface area contributed by atoms with E-state index in [9.17, 15) is 9.59 Å². The molecule has 0 spiro atoms. The SMILES string of the molecule is COCCN(CC(=O)N(Cc1ccco1)Cc1cccn1C)C(=O)Nc1c(C)cccc1C. The predicted molar refractivity (Wildman–Crippen MR) is 127 cm³/mol. The zero-order valence-corrected chi connectivity index (χ0v) is 19.7. The standard InChI is InChI=1S/C25H32N4O4/c1-19-8-5-9-20(2)24(19)26-25(31)28(13-15-32-4)18-23(30)29(17-22-11-7-14-33-22)16-21-10-6-12-27(21)3/h5-12,14H,13,15-18H2,1-4H3,(H,26,31). The van der Waals surface area contributed by atoms with Crippen LogP contribution in [0.25, 0.3) is 0 Å². The molecule has 8 heteroatoms. The number of methoxy groups -OCH3 is 1. The first-order chi connectivity index (χ1) is 15.9. The van der Waals surface area contributed by atoms with Crippen molar-refractivity contribution in [3.8, 4) is 0 Å². The minimum atomic E-state index is -0.338. The minimum Gasteiger partial charge on any atom is -0.467 e. The number of amides is 3. The second-order valence-corrected chi connectivity index (χ2v) is 8.05. The number of benzene rings is 1. The highest BCUT2D eigenvalue weighted by atomic mass is 16.5. The first-order valence-electron chi connectivity index (χ1n) is 10.9. The van der Waals surface area contributed by atoms with Crippen molar-refractivity contribution < 1.29 is 18.7 Å². The Bertz CT molecular complexity index is 1040. The maximum Gasteiger partial charge on any atom is 0.322 e. The molecule has 33 heavy (non-hydrogen) atoms. The molecule has 176 valence electrons. The van der Waals surface area contributed by atoms with Crippen LogP contribution in [0.3, 0.4) is 0 Å². The van der Waals surface area contributed by atoms with Gasteiger partial charge in [0, 0.05) is 38.3 Å². The van der Waals surface area contributed by atoms with Gasteiger partial charge < -0.3 is 28.8 Å². The van der Waals surface area contributed by atoms with Gasteiger partial charge in [-0.05, 0) is 49.2 Å². The lowest BCUT2D eigenvalue weighted by atomic mass is 10.1. The number of aromatic nitrogens is 1. The molecule has 1 aromatic carbocycles. The molecule has 0 bridgehead atoms. The molecular weight excluding hydrogens is 420 g/mol. The van der Waals surface area contributed by atoms with Gasteiger partial charge in [-0.25, -0.2) is 4.79 Å². The topological polar surface area (TPSA) is 80.0 Å². The van der Waals surface area contributed by atoms with Gasteiger partial charge in [-0.1, -0.05) is 18.2 Å². The van der Waals surface area contributed by atoms with Crippen LogP contribution in [-0.4, -0.2) is 53.1 Å². The summed E-state index contributed by atoms with van der Waals surface area (Å²) in [5.41, 5.74) is 3.67. The Hall–Kier alpha value is -3.52. The summed E-state index contributed by atoms with van der Waals surface area (Å²) in [6.45, 7) is 5.14. The van der Waals surface area contributed by atoms with E-state index in [1.807, 2.05) is 68.1 Å². The predicted octanol–water partition coefficient (Wildman–Crippen LogP) is 3.94. The molecule has 0 aliphatic heterocycles. The smallest absolute Gasteiger partial charge is 0.322 e. The van der Waals surface area contributed by atoms with Crippen molar-refractivity contribution in [1.29, 1.82) is 0 Å². The van der Waals surface area contributed by atoms with Gasteiger partial charge in [-0.3, -0.25) is 4.79 Å². The molecule has 0 radical (unpaired) electrons. The van der Waals surface area contributed by atoms with Crippen LogP contribution in [0.1, 0.15) is 22.6 Å². The molecular formula is C25H32N4O4. The Kier molecular flexibility index (Phi) is 8.32. The molecule has 3 amide bonds. The summed E-state index contributed by atoms with van der Waals surface area (Å²) in [6, 6.07) is 13.0. The van der Waals surface area contributed by atoms with Crippen LogP contribution >= 0.6 is 0 Å². The summed E-state index contributed by atoms with van der Waals surface area (Å²) in [7, 11) is 3.51. The number of hydrogen-bond donors (Lipinski definition) is 1. The molecule has 1 N–H and O–H groups in total. The number of ether oxygens (including phenoxy) is 1. The summed E-state index contributed by atoms with van der Waals surface area (Å²) in [5.74, 6) is 0.501. The van der Waals surface area contributed by atoms with Gasteiger partial charge >= 0.3 is 6.03 Å². The van der Waals surface area contributed by atoms with Crippen molar-refractivity contribution in [2.45, 2.75) is 26.9 Å². The van der Waals surface area contributed by atoms with Gasteiger partial charge in [-0.2, -0.15) is 0 Å². The molecule has 8 nitrogen and oxygen atoms in total. The third-order valence-electron chi connectivity index (χ3n) is 5.58. The molecule has 3 rings (SSSR count). The van der Waals surface area contributed by atoms with Gasteiger partial charge in [0.15, 0.2) is 0 Å². The minimum absolute atomic E-state index is 0.0781. The van der Waals surface area contributed by atoms with E-state index in [1.54, 1.807) is 24.3 Å². The van der Waals surface area contributed by atoms with E-state index in [4.69, 9.17) is 9.15 Å². The lowest BCUT2D eigenvalue weighted by Crippen LogP contribution is -2.45. The van der Waals surface area contributed by atoms with Crippen LogP contribution in [-0.2, 0) is 29.7 Å². The zero-order valence-electron chi connectivity index (χ0n) is 19.7. The number of hydrogen-bond acceptors (Lipinski definition) is 4. The van der Waals surface area contributed by atoms with Gasteiger partial charge in [-0.15, -0.1) is 0 Å². The fourth-order valence-electron chi connectivity index (χ4n) is 3.59. The highest BCUT2D eigenvalue weighted by molar-refractivity contribution is 5.93. The number of nitrogens with one attached hydrogen (secondary N) is 1. The van der Waals surface area contributed by atoms with Gasteiger partial charge in [0.05, 0.1) is 26.0 Å². The Balaban J connectivity index is 1.77. The van der Waals surface area contributed by atoms with Crippen molar-refractivity contribution in [2.75, 3.05) is 32.1 Å². The van der Waals surface area contributed by atoms with Crippen molar-refractivity contribution in [3.63, 3.8) is 0 Å². The average Bonchev–Trinajstić information content (AvgIpc) is 3.45. The van der Waals surface area contributed by atoms with E-state index >= 15 is 0 Å². The van der Waals surface area contributed by atoms with Crippen LogP contribution in [0, 0.1) is 13.8 Å². The van der Waals surface area contributed by atoms with E-state index in [2.05, 4.69) is 5.32 Å². The van der Waals surface area contributed by atoms with Crippen LogP contribution in [0.15, 0.2) is 59.3 Å². The third-order valence-corrected chi connectivity index (χ3v) is 5.58. The number of anilines is 1. The van der Waals surface area contributed by atoms with E-state index in [0.717, 1.165) is 22.5 Å². The summed E-state index contributed by atoms with van der Waals surface area (Å²) in [4.78, 5) is 29.7. The van der Waals surface area contributed by atoms with Crippen LogP contribution in [0.2, 0.25) is 0 Å². The summed E-state index contributed by atoms with van der Waals surface area (Å²) in [6.07, 6.45) is 3.52. The van der Waals surface area contributed by atoms with Crippen molar-refractivity contribution in [3.05, 3.63) is 77.5 Å². The van der Waals surface area contributed by atoms with E-state index in [-0.39, 0.29) is 25.0 Å². The number of carbonyl (C=O) groups excluding carboxylic acids is 2. The molecule has 2 aromatic heterocycles. The highest BCUT2D eigenvalue weighted by Gasteiger charge is 2.23. The maximum atomic E-state index is 13.4. The van der Waals surface area contributed by atoms with Crippen molar-refractivity contribution in [1.82, 2.24) is 14.4 Å². The first-order valence-corrected chi connectivity index (χ1v) is 10.9. The fourth-order valence-corrected chi connectivity index (χ4v) is 3.59. The second kappa shape index (κ2) is 11.4. The van der Waals surface area contributed by atoms with Gasteiger partial charge in [0.2, 0.25) is 5.91 Å². The highest BCUT2D eigenvalue weighted by Crippen LogP contribution is 2.20. The van der Waals surface area contributed by atoms with Crippen molar-refractivity contribution in [2.24, 2.45) is 7.05 Å². The Morgan fingerprint density at radius 3 is 2.39 bits per heavy atom. The Morgan fingerprint density at radius 1 is 1.03 bits per heavy atom. The van der Waals surface area contributed by atoms with Gasteiger partial charge in [0.25, 0.3) is 0 Å². The van der Waals surface area contributed by atoms with E-state index in [0.29, 0.717) is 25.5 Å². The van der Waals surface area contributed by atoms with E-state index < -0.39 is 0 Å². The number of nitrogens with zero attached hydrogens (tertiary/aromatic N) is 3. The molecule has 0 unspecified atom stereocenters. The first kappa shape index (κ1) is 24.1. The molecule has 0 aliphatic rings. The summed E-state index contributed by atoms with van der Waals surface area (Å²) >= 11 is 0. The monoisotopic (exact) mass is 452 g/mol. The fraction of sp³-hybridized carbons (Fsp3) is 0.360. The Morgan fingerprint density at radius 2 is 1.79 bits per heavy atom. The number of carbonyl (C=O) groups is 2. The van der Waals surface area contributed by atoms with Gasteiger partial charge in [0.1, 0.15) is 12.3 Å². The Labute approximate surface area is 194 Å². The molecule has 0 aliphatic carbocycles. The van der Waals surface area contributed by atoms with Crippen LogP contribution in [0.5, 0.6) is 0 Å². The third kappa shape index (κ3) is 6.49. The lowest BCUT2D eigenvalue weighted by Gasteiger charge is -2.28. The molecule has 0 fully saturated rings. The molecule has 0 atom stereocenters. The lowest BCUT2D eigenvalue weighted by molar-refractivity contribution is -0.133. The second-order valence-electron chi connectivity index (χ2n) is 8.05. The average molecular weight is 453 g/mol. The molecule has 0 saturated heterocycles. The summed E-state index contributed by atoms with van der Waals surface area (Å²) in [5, 5.41) is 2.97. The van der Waals surface area contributed by atoms with Crippen LogP contribution in [0.4, 0.5) is 10.5 Å². The normalized spacial score (nSPS) is 10.8. The molecule has 0 saturated carbocycles. The number of para-hydroxylation sites is 1. The number of aryl methyl sites for hydroxylation is 3. The maximum absolute atomic E-state index is 13.4. The quantitative estimate of drug-likeness (QED) is 0.505. The molecule has 3 aromatic rings. The van der Waals surface area contributed by atoms with E-state index in [1.165, 1.54) is 4.90 Å². The van der Waals surface area contributed by atoms with Crippen molar-refractivity contribution >= 4 is 17.6 Å². The number of rotatable bonds is 10. The number of furan rings is 1. The number of urea groups is 1. The molecule has 2 heterocycles.